The number of benzene rings is 2. The molecule has 0 atom stereocenters. The van der Waals surface area contributed by atoms with Crippen LogP contribution in [0.1, 0.15) is 50.3 Å². The molecule has 2 aromatic carbocycles. The zero-order valence-corrected chi connectivity index (χ0v) is 15.7. The number of nitrogens with zero attached hydrogens (tertiary/aromatic N) is 1. The van der Waals surface area contributed by atoms with Crippen LogP contribution in [0.5, 0.6) is 17.2 Å². The summed E-state index contributed by atoms with van der Waals surface area (Å²) in [7, 11) is 0. The second kappa shape index (κ2) is 8.56. The van der Waals surface area contributed by atoms with Crippen LogP contribution in [0, 0.1) is 6.92 Å². The maximum atomic E-state index is 10.1. The predicted octanol–water partition coefficient (Wildman–Crippen LogP) is 5.37. The number of hydrogen-bond acceptors (Lipinski definition) is 4. The molecule has 0 saturated carbocycles. The second-order valence-electron chi connectivity index (χ2n) is 6.18. The third-order valence-corrected chi connectivity index (χ3v) is 3.89. The molecule has 2 aromatic rings. The lowest BCUT2D eigenvalue weighted by Crippen LogP contribution is -1.99. The molecule has 0 saturated heterocycles. The van der Waals surface area contributed by atoms with Gasteiger partial charge in [-0.3, -0.25) is 4.99 Å². The minimum absolute atomic E-state index is 0.240. The summed E-state index contributed by atoms with van der Waals surface area (Å²) in [5.41, 5.74) is 3.63. The normalized spacial score (nSPS) is 11.3. The lowest BCUT2D eigenvalue weighted by atomic mass is 9.99. The Balaban J connectivity index is 2.33. The number of aryl methyl sites for hydroxylation is 1. The van der Waals surface area contributed by atoms with Crippen LogP contribution in [-0.4, -0.2) is 24.5 Å². The molecule has 0 radical (unpaired) electrons. The van der Waals surface area contributed by atoms with Crippen LogP contribution in [0.4, 0.5) is 5.69 Å². The average molecular weight is 341 g/mol. The van der Waals surface area contributed by atoms with E-state index in [4.69, 9.17) is 9.47 Å². The molecule has 2 rings (SSSR count). The molecular weight excluding hydrogens is 314 g/mol. The number of rotatable bonds is 7. The molecule has 25 heavy (non-hydrogen) atoms. The fraction of sp³-hybridized carbons (Fsp3) is 0.381. The Kier molecular flexibility index (Phi) is 6.45. The fourth-order valence-corrected chi connectivity index (χ4v) is 2.59. The number of aromatic hydroxyl groups is 1. The molecule has 0 heterocycles. The van der Waals surface area contributed by atoms with Crippen molar-refractivity contribution < 1.29 is 14.6 Å². The number of phenolic OH excluding ortho intramolecular Hbond substituents is 1. The quantitative estimate of drug-likeness (QED) is 0.689. The van der Waals surface area contributed by atoms with Gasteiger partial charge < -0.3 is 14.6 Å². The molecule has 4 heteroatoms. The Morgan fingerprint density at radius 1 is 1.04 bits per heavy atom. The molecule has 0 spiro atoms. The molecule has 0 aliphatic rings. The highest BCUT2D eigenvalue weighted by atomic mass is 16.5. The SMILES string of the molecule is CCOc1ccc(C=Nc2cc(C(C)C)c(O)cc2C)cc1OCC. The van der Waals surface area contributed by atoms with Crippen molar-refractivity contribution in [2.45, 2.75) is 40.5 Å². The second-order valence-corrected chi connectivity index (χ2v) is 6.18. The van der Waals surface area contributed by atoms with Gasteiger partial charge in [0, 0.05) is 6.21 Å². The molecule has 0 bridgehead atoms. The summed E-state index contributed by atoms with van der Waals surface area (Å²) < 4.78 is 11.2. The van der Waals surface area contributed by atoms with Gasteiger partial charge in [-0.2, -0.15) is 0 Å². The van der Waals surface area contributed by atoms with Gasteiger partial charge in [-0.05, 0) is 73.7 Å². The Hall–Kier alpha value is -2.49. The van der Waals surface area contributed by atoms with Crippen molar-refractivity contribution in [1.82, 2.24) is 0 Å². The van der Waals surface area contributed by atoms with Crippen LogP contribution in [0.15, 0.2) is 35.3 Å². The first-order valence-corrected chi connectivity index (χ1v) is 8.73. The third kappa shape index (κ3) is 4.75. The van der Waals surface area contributed by atoms with Crippen LogP contribution < -0.4 is 9.47 Å². The van der Waals surface area contributed by atoms with Crippen molar-refractivity contribution in [2.75, 3.05) is 13.2 Å². The Morgan fingerprint density at radius 2 is 1.72 bits per heavy atom. The molecule has 0 aliphatic carbocycles. The third-order valence-electron chi connectivity index (χ3n) is 3.89. The van der Waals surface area contributed by atoms with Gasteiger partial charge >= 0.3 is 0 Å². The van der Waals surface area contributed by atoms with Crippen molar-refractivity contribution in [1.29, 1.82) is 0 Å². The summed E-state index contributed by atoms with van der Waals surface area (Å²) in [6.07, 6.45) is 1.81. The van der Waals surface area contributed by atoms with Crippen LogP contribution in [0.2, 0.25) is 0 Å². The standard InChI is InChI=1S/C21H27NO3/c1-6-24-20-9-8-16(11-21(20)25-7-2)13-22-18-12-17(14(3)4)19(23)10-15(18)5/h8-14,23H,6-7H2,1-5H3. The number of phenols is 1. The van der Waals surface area contributed by atoms with Gasteiger partial charge in [-0.15, -0.1) is 0 Å². The summed E-state index contributed by atoms with van der Waals surface area (Å²) in [4.78, 5) is 4.60. The van der Waals surface area contributed by atoms with Gasteiger partial charge in [0.25, 0.3) is 0 Å². The van der Waals surface area contributed by atoms with E-state index in [-0.39, 0.29) is 5.92 Å². The van der Waals surface area contributed by atoms with Crippen LogP contribution in [0.3, 0.4) is 0 Å². The number of ether oxygens (including phenoxy) is 2. The highest BCUT2D eigenvalue weighted by Gasteiger charge is 2.09. The van der Waals surface area contributed by atoms with E-state index in [9.17, 15) is 5.11 Å². The van der Waals surface area contributed by atoms with Crippen molar-refractivity contribution in [3.8, 4) is 17.2 Å². The molecular formula is C21H27NO3. The van der Waals surface area contributed by atoms with Gasteiger partial charge in [0.05, 0.1) is 18.9 Å². The fourth-order valence-electron chi connectivity index (χ4n) is 2.59. The summed E-state index contributed by atoms with van der Waals surface area (Å²) in [5.74, 6) is 2.03. The van der Waals surface area contributed by atoms with Crippen molar-refractivity contribution in [3.05, 3.63) is 47.0 Å². The molecule has 0 aromatic heterocycles. The number of aliphatic imine (C=N–C) groups is 1. The summed E-state index contributed by atoms with van der Waals surface area (Å²) in [6.45, 7) is 11.1. The first-order chi connectivity index (χ1) is 12.0. The van der Waals surface area contributed by atoms with E-state index in [0.29, 0.717) is 19.0 Å². The van der Waals surface area contributed by atoms with Gasteiger partial charge in [-0.25, -0.2) is 0 Å². The van der Waals surface area contributed by atoms with Crippen molar-refractivity contribution >= 4 is 11.9 Å². The van der Waals surface area contributed by atoms with E-state index in [1.54, 1.807) is 6.07 Å². The summed E-state index contributed by atoms with van der Waals surface area (Å²) in [5, 5.41) is 10.1. The zero-order chi connectivity index (χ0) is 18.4. The first kappa shape index (κ1) is 18.8. The lowest BCUT2D eigenvalue weighted by Gasteiger charge is -2.12. The summed E-state index contributed by atoms with van der Waals surface area (Å²) >= 11 is 0. The van der Waals surface area contributed by atoms with Gasteiger partial charge in [0.15, 0.2) is 11.5 Å². The Bertz CT molecular complexity index is 751. The van der Waals surface area contributed by atoms with Crippen LogP contribution >= 0.6 is 0 Å². The highest BCUT2D eigenvalue weighted by molar-refractivity contribution is 5.83. The average Bonchev–Trinajstić information content (AvgIpc) is 2.56. The maximum Gasteiger partial charge on any atom is 0.161 e. The van der Waals surface area contributed by atoms with Crippen molar-refractivity contribution in [2.24, 2.45) is 4.99 Å². The molecule has 134 valence electrons. The monoisotopic (exact) mass is 341 g/mol. The maximum absolute atomic E-state index is 10.1. The molecule has 0 aliphatic heterocycles. The van der Waals surface area contributed by atoms with E-state index >= 15 is 0 Å². The molecule has 0 unspecified atom stereocenters. The van der Waals surface area contributed by atoms with E-state index in [2.05, 4.69) is 18.8 Å². The van der Waals surface area contributed by atoms with Crippen LogP contribution in [-0.2, 0) is 0 Å². The van der Waals surface area contributed by atoms with Crippen LogP contribution in [0.25, 0.3) is 0 Å². The van der Waals surface area contributed by atoms with E-state index in [0.717, 1.165) is 33.9 Å². The Labute approximate surface area is 150 Å². The lowest BCUT2D eigenvalue weighted by molar-refractivity contribution is 0.288. The number of hydrogen-bond donors (Lipinski definition) is 1. The van der Waals surface area contributed by atoms with Gasteiger partial charge in [-0.1, -0.05) is 13.8 Å². The predicted molar refractivity (Wildman–Crippen MR) is 103 cm³/mol. The topological polar surface area (TPSA) is 51.0 Å². The van der Waals surface area contributed by atoms with Gasteiger partial charge in [0.2, 0.25) is 0 Å². The highest BCUT2D eigenvalue weighted by Crippen LogP contribution is 2.33. The van der Waals surface area contributed by atoms with E-state index in [1.807, 2.05) is 51.3 Å². The van der Waals surface area contributed by atoms with E-state index < -0.39 is 0 Å². The zero-order valence-electron chi connectivity index (χ0n) is 15.7. The minimum atomic E-state index is 0.240. The first-order valence-electron chi connectivity index (χ1n) is 8.73. The Morgan fingerprint density at radius 3 is 2.36 bits per heavy atom. The van der Waals surface area contributed by atoms with Crippen molar-refractivity contribution in [3.63, 3.8) is 0 Å². The molecule has 1 N–H and O–H groups in total. The molecule has 0 fully saturated rings. The molecule has 4 nitrogen and oxygen atoms in total. The van der Waals surface area contributed by atoms with Gasteiger partial charge in [0.1, 0.15) is 5.75 Å². The smallest absolute Gasteiger partial charge is 0.161 e. The summed E-state index contributed by atoms with van der Waals surface area (Å²) in [6, 6.07) is 9.50. The molecule has 0 amide bonds. The largest absolute Gasteiger partial charge is 0.508 e. The van der Waals surface area contributed by atoms with E-state index in [1.165, 1.54) is 0 Å². The minimum Gasteiger partial charge on any atom is -0.508 e.